The summed E-state index contributed by atoms with van der Waals surface area (Å²) in [6, 6.07) is 13.3. The lowest BCUT2D eigenvalue weighted by molar-refractivity contribution is 0.574. The molecule has 1 unspecified atom stereocenters. The van der Waals surface area contributed by atoms with Gasteiger partial charge in [0.05, 0.1) is 0 Å². The third-order valence-corrected chi connectivity index (χ3v) is 3.68. The van der Waals surface area contributed by atoms with E-state index < -0.39 is 0 Å². The lowest BCUT2D eigenvalue weighted by Gasteiger charge is -2.18. The van der Waals surface area contributed by atoms with E-state index in [1.165, 1.54) is 17.2 Å². The topological polar surface area (TPSA) is 12.0 Å². The molecule has 0 aliphatic heterocycles. The molecule has 2 rings (SSSR count). The van der Waals surface area contributed by atoms with E-state index in [0.717, 1.165) is 6.54 Å². The zero-order chi connectivity index (χ0) is 14.5. The quantitative estimate of drug-likeness (QED) is 0.864. The number of hydrogen-bond acceptors (Lipinski definition) is 1. The second-order valence-corrected chi connectivity index (χ2v) is 5.55. The van der Waals surface area contributed by atoms with Crippen molar-refractivity contribution >= 4 is 11.6 Å². The lowest BCUT2D eigenvalue weighted by atomic mass is 9.91. The summed E-state index contributed by atoms with van der Waals surface area (Å²) in [4.78, 5) is 0. The van der Waals surface area contributed by atoms with Crippen molar-refractivity contribution in [2.75, 3.05) is 13.6 Å². The second kappa shape index (κ2) is 6.87. The van der Waals surface area contributed by atoms with Crippen LogP contribution >= 0.6 is 11.6 Å². The van der Waals surface area contributed by atoms with Crippen molar-refractivity contribution < 1.29 is 4.39 Å². The van der Waals surface area contributed by atoms with Gasteiger partial charge in [-0.3, -0.25) is 0 Å². The molecule has 0 aliphatic carbocycles. The Bertz CT molecular complexity index is 583. The van der Waals surface area contributed by atoms with Gasteiger partial charge in [0.15, 0.2) is 0 Å². The minimum atomic E-state index is -0.230. The molecule has 2 aromatic rings. The number of aryl methyl sites for hydroxylation is 1. The van der Waals surface area contributed by atoms with Gasteiger partial charge in [-0.1, -0.05) is 47.5 Å². The molecule has 0 spiro atoms. The standard InChI is InChI=1S/C17H19ClFN/c1-12-4-3-5-13(8-12)15(11-20-2)9-14-6-7-16(18)10-17(14)19/h3-8,10,15,20H,9,11H2,1-2H3. The van der Waals surface area contributed by atoms with E-state index >= 15 is 0 Å². The van der Waals surface area contributed by atoms with E-state index in [-0.39, 0.29) is 11.7 Å². The second-order valence-electron chi connectivity index (χ2n) is 5.11. The van der Waals surface area contributed by atoms with Crippen molar-refractivity contribution in [2.45, 2.75) is 19.3 Å². The number of halogens is 2. The Morgan fingerprint density at radius 3 is 2.65 bits per heavy atom. The minimum Gasteiger partial charge on any atom is -0.319 e. The molecule has 0 saturated carbocycles. The zero-order valence-electron chi connectivity index (χ0n) is 11.8. The molecule has 2 aromatic carbocycles. The first-order valence-electron chi connectivity index (χ1n) is 6.75. The van der Waals surface area contributed by atoms with Gasteiger partial charge in [-0.2, -0.15) is 0 Å². The van der Waals surface area contributed by atoms with E-state index in [1.54, 1.807) is 12.1 Å². The molecule has 1 N–H and O–H groups in total. The van der Waals surface area contributed by atoms with Crippen LogP contribution in [-0.4, -0.2) is 13.6 Å². The largest absolute Gasteiger partial charge is 0.319 e. The van der Waals surface area contributed by atoms with Crippen LogP contribution in [0.15, 0.2) is 42.5 Å². The molecular weight excluding hydrogens is 273 g/mol. The number of nitrogens with one attached hydrogen (secondary N) is 1. The fraction of sp³-hybridized carbons (Fsp3) is 0.294. The highest BCUT2D eigenvalue weighted by molar-refractivity contribution is 6.30. The molecule has 0 aromatic heterocycles. The summed E-state index contributed by atoms with van der Waals surface area (Å²) in [6.07, 6.45) is 0.660. The number of rotatable bonds is 5. The number of hydrogen-bond donors (Lipinski definition) is 1. The lowest BCUT2D eigenvalue weighted by Crippen LogP contribution is -2.19. The van der Waals surface area contributed by atoms with Gasteiger partial charge in [0.1, 0.15) is 5.82 Å². The first-order chi connectivity index (χ1) is 9.60. The smallest absolute Gasteiger partial charge is 0.127 e. The van der Waals surface area contributed by atoms with Gasteiger partial charge in [-0.05, 0) is 43.7 Å². The SMILES string of the molecule is CNCC(Cc1ccc(Cl)cc1F)c1cccc(C)c1. The minimum absolute atomic E-state index is 0.230. The van der Waals surface area contributed by atoms with Crippen molar-refractivity contribution in [3.8, 4) is 0 Å². The molecule has 1 nitrogen and oxygen atoms in total. The summed E-state index contributed by atoms with van der Waals surface area (Å²) in [5, 5.41) is 3.63. The summed E-state index contributed by atoms with van der Waals surface area (Å²) in [5.41, 5.74) is 3.16. The molecule has 0 fully saturated rings. The highest BCUT2D eigenvalue weighted by Gasteiger charge is 2.14. The fourth-order valence-corrected chi connectivity index (χ4v) is 2.59. The normalized spacial score (nSPS) is 12.4. The maximum Gasteiger partial charge on any atom is 0.127 e. The van der Waals surface area contributed by atoms with Crippen LogP contribution in [0.3, 0.4) is 0 Å². The van der Waals surface area contributed by atoms with E-state index in [2.05, 4.69) is 30.4 Å². The van der Waals surface area contributed by atoms with Crippen molar-refractivity contribution in [2.24, 2.45) is 0 Å². The van der Waals surface area contributed by atoms with Crippen LogP contribution in [0.5, 0.6) is 0 Å². The molecule has 0 heterocycles. The molecule has 0 aliphatic rings. The van der Waals surface area contributed by atoms with Gasteiger partial charge in [0, 0.05) is 17.5 Å². The van der Waals surface area contributed by atoms with Crippen LogP contribution in [0.25, 0.3) is 0 Å². The maximum atomic E-state index is 13.9. The Morgan fingerprint density at radius 1 is 1.20 bits per heavy atom. The van der Waals surface area contributed by atoms with Gasteiger partial charge >= 0.3 is 0 Å². The molecule has 0 amide bonds. The van der Waals surface area contributed by atoms with Gasteiger partial charge < -0.3 is 5.32 Å². The van der Waals surface area contributed by atoms with Gasteiger partial charge in [0.2, 0.25) is 0 Å². The summed E-state index contributed by atoms with van der Waals surface area (Å²) >= 11 is 5.80. The fourth-order valence-electron chi connectivity index (χ4n) is 2.43. The average Bonchev–Trinajstić information content (AvgIpc) is 2.41. The first kappa shape index (κ1) is 15.0. The van der Waals surface area contributed by atoms with E-state index in [1.807, 2.05) is 13.1 Å². The first-order valence-corrected chi connectivity index (χ1v) is 7.13. The molecular formula is C17H19ClFN. The van der Waals surface area contributed by atoms with Crippen LogP contribution in [0.1, 0.15) is 22.6 Å². The van der Waals surface area contributed by atoms with Crippen LogP contribution in [0, 0.1) is 12.7 Å². The predicted molar refractivity (Wildman–Crippen MR) is 83.0 cm³/mol. The average molecular weight is 292 g/mol. The highest BCUT2D eigenvalue weighted by atomic mass is 35.5. The summed E-state index contributed by atoms with van der Waals surface area (Å²) in [7, 11) is 1.92. The molecule has 20 heavy (non-hydrogen) atoms. The Hall–Kier alpha value is -1.38. The van der Waals surface area contributed by atoms with E-state index in [4.69, 9.17) is 11.6 Å². The molecule has 106 valence electrons. The van der Waals surface area contributed by atoms with Crippen LogP contribution in [0.2, 0.25) is 5.02 Å². The number of benzene rings is 2. The summed E-state index contributed by atoms with van der Waals surface area (Å²) in [5.74, 6) is 0.0156. The summed E-state index contributed by atoms with van der Waals surface area (Å²) in [6.45, 7) is 2.88. The third-order valence-electron chi connectivity index (χ3n) is 3.45. The van der Waals surface area contributed by atoms with E-state index in [0.29, 0.717) is 17.0 Å². The van der Waals surface area contributed by atoms with Gasteiger partial charge in [-0.25, -0.2) is 4.39 Å². The Labute approximate surface area is 124 Å². The monoisotopic (exact) mass is 291 g/mol. The maximum absolute atomic E-state index is 13.9. The Morgan fingerprint density at radius 2 is 2.00 bits per heavy atom. The zero-order valence-corrected chi connectivity index (χ0v) is 12.5. The highest BCUT2D eigenvalue weighted by Crippen LogP contribution is 2.24. The summed E-state index contributed by atoms with van der Waals surface area (Å²) < 4.78 is 13.9. The van der Waals surface area contributed by atoms with Crippen LogP contribution in [-0.2, 0) is 6.42 Å². The number of likely N-dealkylation sites (N-methyl/N-ethyl adjacent to an activating group) is 1. The Balaban J connectivity index is 2.25. The molecule has 0 radical (unpaired) electrons. The predicted octanol–water partition coefficient (Wildman–Crippen LogP) is 4.33. The molecule has 0 saturated heterocycles. The molecule has 3 heteroatoms. The van der Waals surface area contributed by atoms with Crippen molar-refractivity contribution in [3.63, 3.8) is 0 Å². The van der Waals surface area contributed by atoms with Crippen LogP contribution in [0.4, 0.5) is 4.39 Å². The van der Waals surface area contributed by atoms with Gasteiger partial charge in [0.25, 0.3) is 0 Å². The van der Waals surface area contributed by atoms with Crippen molar-refractivity contribution in [3.05, 3.63) is 70.0 Å². The van der Waals surface area contributed by atoms with Crippen LogP contribution < -0.4 is 5.32 Å². The Kier molecular flexibility index (Phi) is 5.16. The van der Waals surface area contributed by atoms with Gasteiger partial charge in [-0.15, -0.1) is 0 Å². The molecule has 1 atom stereocenters. The van der Waals surface area contributed by atoms with Crippen molar-refractivity contribution in [1.82, 2.24) is 5.32 Å². The third kappa shape index (κ3) is 3.81. The molecule has 0 bridgehead atoms. The van der Waals surface area contributed by atoms with Crippen molar-refractivity contribution in [1.29, 1.82) is 0 Å². The van der Waals surface area contributed by atoms with E-state index in [9.17, 15) is 4.39 Å².